The van der Waals surface area contributed by atoms with Crippen molar-refractivity contribution in [1.82, 2.24) is 9.80 Å². The SMILES string of the molecule is CCN(CCOc1ccccc1/C=C\c1ccc(/C=C\c2ccccc2OCCN(CC)CC(=O)O)cc1)CC(=O)O. The number of rotatable bonds is 18. The van der Waals surface area contributed by atoms with Crippen LogP contribution < -0.4 is 9.47 Å². The molecule has 0 spiro atoms. The van der Waals surface area contributed by atoms with Crippen molar-refractivity contribution in [2.24, 2.45) is 0 Å². The largest absolute Gasteiger partial charge is 0.492 e. The summed E-state index contributed by atoms with van der Waals surface area (Å²) < 4.78 is 11.9. The first-order valence-corrected chi connectivity index (χ1v) is 14.2. The van der Waals surface area contributed by atoms with Crippen molar-refractivity contribution in [3.8, 4) is 11.5 Å². The standard InChI is InChI=1S/C34H40N2O6/c1-3-35(25-33(37)38)21-23-41-31-11-7-5-9-29(31)19-17-27-13-15-28(16-14-27)18-20-30-10-6-8-12-32(30)42-24-22-36(4-2)26-34(39)40/h5-20H,3-4,21-26H2,1-2H3,(H,37,38)(H,39,40)/b19-17-,20-18-. The zero-order chi connectivity index (χ0) is 30.2. The highest BCUT2D eigenvalue weighted by Gasteiger charge is 2.09. The van der Waals surface area contributed by atoms with Crippen LogP contribution in [0.25, 0.3) is 24.3 Å². The number of carboxylic acid groups (broad SMARTS) is 2. The van der Waals surface area contributed by atoms with E-state index in [1.807, 2.05) is 96.5 Å². The number of para-hydroxylation sites is 2. The molecular weight excluding hydrogens is 532 g/mol. The molecule has 0 unspecified atom stereocenters. The van der Waals surface area contributed by atoms with Crippen molar-refractivity contribution in [3.63, 3.8) is 0 Å². The van der Waals surface area contributed by atoms with E-state index in [0.717, 1.165) is 33.8 Å². The lowest BCUT2D eigenvalue weighted by atomic mass is 10.1. The van der Waals surface area contributed by atoms with Gasteiger partial charge >= 0.3 is 11.9 Å². The second-order valence-corrected chi connectivity index (χ2v) is 9.63. The van der Waals surface area contributed by atoms with Gasteiger partial charge in [0, 0.05) is 24.2 Å². The van der Waals surface area contributed by atoms with Crippen molar-refractivity contribution >= 4 is 36.2 Å². The molecule has 3 aromatic carbocycles. The van der Waals surface area contributed by atoms with E-state index in [0.29, 0.717) is 39.4 Å². The third-order valence-electron chi connectivity index (χ3n) is 6.63. The van der Waals surface area contributed by atoms with Gasteiger partial charge in [0.2, 0.25) is 0 Å². The fourth-order valence-electron chi connectivity index (χ4n) is 4.24. The van der Waals surface area contributed by atoms with Crippen LogP contribution in [0.15, 0.2) is 72.8 Å². The molecule has 42 heavy (non-hydrogen) atoms. The monoisotopic (exact) mass is 572 g/mol. The maximum Gasteiger partial charge on any atom is 0.317 e. The molecule has 222 valence electrons. The van der Waals surface area contributed by atoms with E-state index >= 15 is 0 Å². The summed E-state index contributed by atoms with van der Waals surface area (Å²) in [6.45, 7) is 7.06. The van der Waals surface area contributed by atoms with Crippen molar-refractivity contribution in [2.75, 3.05) is 52.5 Å². The van der Waals surface area contributed by atoms with Crippen LogP contribution in [-0.4, -0.2) is 84.4 Å². The lowest BCUT2D eigenvalue weighted by molar-refractivity contribution is -0.139. The molecule has 0 heterocycles. The summed E-state index contributed by atoms with van der Waals surface area (Å²) in [5, 5.41) is 18.0. The van der Waals surface area contributed by atoms with Gasteiger partial charge in [-0.25, -0.2) is 0 Å². The van der Waals surface area contributed by atoms with E-state index in [9.17, 15) is 9.59 Å². The number of likely N-dealkylation sites (N-methyl/N-ethyl adjacent to an activating group) is 2. The lowest BCUT2D eigenvalue weighted by Crippen LogP contribution is -2.33. The molecule has 0 atom stereocenters. The number of benzene rings is 3. The summed E-state index contributed by atoms with van der Waals surface area (Å²) in [5.41, 5.74) is 3.99. The molecule has 0 saturated heterocycles. The Bertz CT molecular complexity index is 1230. The Hall–Kier alpha value is -4.40. The minimum atomic E-state index is -0.842. The van der Waals surface area contributed by atoms with Crippen LogP contribution in [0.3, 0.4) is 0 Å². The summed E-state index contributed by atoms with van der Waals surface area (Å²) >= 11 is 0. The van der Waals surface area contributed by atoms with Crippen LogP contribution in [0.2, 0.25) is 0 Å². The van der Waals surface area contributed by atoms with Crippen molar-refractivity contribution < 1.29 is 29.3 Å². The van der Waals surface area contributed by atoms with E-state index in [2.05, 4.69) is 24.3 Å². The molecule has 0 aliphatic carbocycles. The third kappa shape index (κ3) is 11.2. The molecule has 0 aliphatic heterocycles. The van der Waals surface area contributed by atoms with Gasteiger partial charge in [-0.05, 0) is 36.3 Å². The summed E-state index contributed by atoms with van der Waals surface area (Å²) in [4.78, 5) is 25.6. The van der Waals surface area contributed by atoms with Gasteiger partial charge in [-0.2, -0.15) is 0 Å². The smallest absolute Gasteiger partial charge is 0.317 e. The number of ether oxygens (including phenoxy) is 2. The zero-order valence-electron chi connectivity index (χ0n) is 24.3. The number of nitrogens with zero attached hydrogens (tertiary/aromatic N) is 2. The van der Waals surface area contributed by atoms with Crippen molar-refractivity contribution in [2.45, 2.75) is 13.8 Å². The minimum Gasteiger partial charge on any atom is -0.492 e. The van der Waals surface area contributed by atoms with Crippen LogP contribution in [0.5, 0.6) is 11.5 Å². The van der Waals surface area contributed by atoms with Crippen LogP contribution in [0.4, 0.5) is 0 Å². The van der Waals surface area contributed by atoms with Gasteiger partial charge in [-0.1, -0.05) is 98.8 Å². The molecule has 0 aliphatic rings. The predicted molar refractivity (Wildman–Crippen MR) is 168 cm³/mol. The Kier molecular flexibility index (Phi) is 13.3. The maximum absolute atomic E-state index is 11.0. The summed E-state index contributed by atoms with van der Waals surface area (Å²) in [7, 11) is 0. The fourth-order valence-corrected chi connectivity index (χ4v) is 4.24. The van der Waals surface area contributed by atoms with Gasteiger partial charge in [0.25, 0.3) is 0 Å². The number of hydrogen-bond acceptors (Lipinski definition) is 6. The van der Waals surface area contributed by atoms with Gasteiger partial charge in [0.15, 0.2) is 0 Å². The summed E-state index contributed by atoms with van der Waals surface area (Å²) in [6, 6.07) is 23.8. The number of carbonyl (C=O) groups is 2. The lowest BCUT2D eigenvalue weighted by Gasteiger charge is -2.18. The highest BCUT2D eigenvalue weighted by atomic mass is 16.5. The fraction of sp³-hybridized carbons (Fsp3) is 0.294. The van der Waals surface area contributed by atoms with Gasteiger partial charge < -0.3 is 19.7 Å². The van der Waals surface area contributed by atoms with Crippen LogP contribution >= 0.6 is 0 Å². The van der Waals surface area contributed by atoms with Crippen molar-refractivity contribution in [1.29, 1.82) is 0 Å². The average Bonchev–Trinajstić information content (AvgIpc) is 2.99. The topological polar surface area (TPSA) is 99.5 Å². The van der Waals surface area contributed by atoms with E-state index in [1.54, 1.807) is 0 Å². The normalized spacial score (nSPS) is 11.5. The second-order valence-electron chi connectivity index (χ2n) is 9.63. The molecule has 2 N–H and O–H groups in total. The molecule has 0 saturated carbocycles. The van der Waals surface area contributed by atoms with Crippen molar-refractivity contribution in [3.05, 3.63) is 95.1 Å². The van der Waals surface area contributed by atoms with E-state index < -0.39 is 11.9 Å². The Morgan fingerprint density at radius 2 is 1.00 bits per heavy atom. The first kappa shape index (κ1) is 32.1. The molecule has 0 aromatic heterocycles. The highest BCUT2D eigenvalue weighted by Crippen LogP contribution is 2.23. The zero-order valence-corrected chi connectivity index (χ0v) is 24.3. The molecule has 0 fully saturated rings. The Morgan fingerprint density at radius 3 is 1.36 bits per heavy atom. The number of aliphatic carboxylic acids is 2. The quantitative estimate of drug-likeness (QED) is 0.190. The maximum atomic E-state index is 11.0. The Morgan fingerprint density at radius 1 is 0.619 bits per heavy atom. The third-order valence-corrected chi connectivity index (χ3v) is 6.63. The Labute approximate surface area is 248 Å². The molecule has 0 radical (unpaired) electrons. The van der Waals surface area contributed by atoms with Crippen LogP contribution in [0, 0.1) is 0 Å². The predicted octanol–water partition coefficient (Wildman–Crippen LogP) is 5.60. The van der Waals surface area contributed by atoms with Gasteiger partial charge in [0.05, 0.1) is 13.1 Å². The molecule has 3 aromatic rings. The molecule has 0 amide bonds. The second kappa shape index (κ2) is 17.4. The Balaban J connectivity index is 1.57. The van der Waals surface area contributed by atoms with Crippen LogP contribution in [0.1, 0.15) is 36.1 Å². The van der Waals surface area contributed by atoms with E-state index in [-0.39, 0.29) is 13.1 Å². The first-order valence-electron chi connectivity index (χ1n) is 14.2. The summed E-state index contributed by atoms with van der Waals surface area (Å²) in [5.74, 6) is -0.175. The molecular formula is C34H40N2O6. The van der Waals surface area contributed by atoms with E-state index in [1.165, 1.54) is 0 Å². The van der Waals surface area contributed by atoms with Crippen LogP contribution in [-0.2, 0) is 9.59 Å². The van der Waals surface area contributed by atoms with Gasteiger partial charge in [0.1, 0.15) is 24.7 Å². The number of hydrogen-bond donors (Lipinski definition) is 2. The molecule has 8 heteroatoms. The highest BCUT2D eigenvalue weighted by molar-refractivity contribution is 5.75. The minimum absolute atomic E-state index is 0.000962. The number of carboxylic acids is 2. The molecule has 8 nitrogen and oxygen atoms in total. The first-order chi connectivity index (χ1) is 20.4. The van der Waals surface area contributed by atoms with E-state index in [4.69, 9.17) is 19.7 Å². The molecule has 3 rings (SSSR count). The molecule has 0 bridgehead atoms. The van der Waals surface area contributed by atoms with Gasteiger partial charge in [-0.3, -0.25) is 19.4 Å². The average molecular weight is 573 g/mol. The van der Waals surface area contributed by atoms with Gasteiger partial charge in [-0.15, -0.1) is 0 Å². The summed E-state index contributed by atoms with van der Waals surface area (Å²) in [6.07, 6.45) is 8.09.